The van der Waals surface area contributed by atoms with E-state index >= 15 is 0 Å². The molecule has 2 N–H and O–H groups in total. The Bertz CT molecular complexity index is 373. The normalized spacial score (nSPS) is 9.69. The second-order valence-electron chi connectivity index (χ2n) is 2.24. The van der Waals surface area contributed by atoms with Gasteiger partial charge in [-0.05, 0) is 11.6 Å². The molecule has 0 aromatic carbocycles. The Morgan fingerprint density at radius 2 is 1.92 bits per heavy atom. The van der Waals surface area contributed by atoms with Crippen LogP contribution in [-0.4, -0.2) is 28.4 Å². The van der Waals surface area contributed by atoms with Crippen molar-refractivity contribution in [3.05, 3.63) is 28.3 Å². The first-order chi connectivity index (χ1) is 6.02. The van der Waals surface area contributed by atoms with Gasteiger partial charge in [-0.1, -0.05) is 6.07 Å². The number of benzene rings is 1. The number of rotatable bonds is 1. The molecule has 0 fully saturated rings. The number of nitro benzene ring substituents is 1. The Labute approximate surface area is 77.8 Å². The molecular weight excluding hydrogens is 241 g/mol. The van der Waals surface area contributed by atoms with E-state index in [1.165, 1.54) is 0 Å². The van der Waals surface area contributed by atoms with Gasteiger partial charge in [0, 0.05) is 6.07 Å². The van der Waals surface area contributed by atoms with Crippen LogP contribution in [0.25, 0.3) is 11.1 Å². The van der Waals surface area contributed by atoms with E-state index in [1.54, 1.807) is 12.1 Å². The third-order valence-electron chi connectivity index (χ3n) is 1.51. The molecule has 6 nitrogen and oxygen atoms in total. The Balaban J connectivity index is 0.000000184. The zero-order valence-electron chi connectivity index (χ0n) is 6.25. The maximum Gasteiger partial charge on any atom is 0.277 e. The summed E-state index contributed by atoms with van der Waals surface area (Å²) < 4.78 is 23.2. The summed E-state index contributed by atoms with van der Waals surface area (Å²) in [6.07, 6.45) is 0. The SMILES string of the molecule is O=[As](O)O.O=[N+]([O-])c1cc2ccc1-2. The van der Waals surface area contributed by atoms with Crippen LogP contribution >= 0.6 is 0 Å². The van der Waals surface area contributed by atoms with Crippen LogP contribution in [0.3, 0.4) is 0 Å². The topological polar surface area (TPSA) is 101 Å². The van der Waals surface area contributed by atoms with E-state index in [2.05, 4.69) is 0 Å². The van der Waals surface area contributed by atoms with Crippen LogP contribution in [0.15, 0.2) is 18.2 Å². The maximum absolute atomic E-state index is 10.0. The molecule has 0 saturated heterocycles. The van der Waals surface area contributed by atoms with Crippen molar-refractivity contribution in [2.75, 3.05) is 0 Å². The first kappa shape index (κ1) is 9.98. The molecule has 2 aliphatic carbocycles. The van der Waals surface area contributed by atoms with E-state index < -0.39 is 15.3 Å². The van der Waals surface area contributed by atoms with E-state index in [9.17, 15) is 10.1 Å². The monoisotopic (exact) mass is 246 g/mol. The fourth-order valence-electron chi connectivity index (χ4n) is 0.920. The van der Waals surface area contributed by atoms with Gasteiger partial charge in [-0.15, -0.1) is 0 Å². The molecule has 0 atom stereocenters. The Morgan fingerprint density at radius 1 is 1.38 bits per heavy atom. The van der Waals surface area contributed by atoms with Gasteiger partial charge in [-0.2, -0.15) is 0 Å². The van der Waals surface area contributed by atoms with Crippen LogP contribution in [0, 0.1) is 10.1 Å². The second kappa shape index (κ2) is 3.74. The third-order valence-corrected chi connectivity index (χ3v) is 1.51. The van der Waals surface area contributed by atoms with E-state index in [4.69, 9.17) is 11.9 Å². The number of nitro groups is 1. The zero-order chi connectivity index (χ0) is 10.0. The quantitative estimate of drug-likeness (QED) is 0.417. The van der Waals surface area contributed by atoms with Crippen LogP contribution in [0.5, 0.6) is 0 Å². The van der Waals surface area contributed by atoms with E-state index in [0.717, 1.165) is 11.1 Å². The fourth-order valence-corrected chi connectivity index (χ4v) is 0.920. The van der Waals surface area contributed by atoms with Crippen LogP contribution in [0.1, 0.15) is 0 Å². The molecule has 0 bridgehead atoms. The van der Waals surface area contributed by atoms with Crippen molar-refractivity contribution in [3.63, 3.8) is 0 Å². The zero-order valence-corrected chi connectivity index (χ0v) is 8.12. The van der Waals surface area contributed by atoms with Crippen LogP contribution in [0.4, 0.5) is 5.69 Å². The Morgan fingerprint density at radius 3 is 2.00 bits per heavy atom. The molecule has 13 heavy (non-hydrogen) atoms. The van der Waals surface area contributed by atoms with Gasteiger partial charge in [-0.25, -0.2) is 0 Å². The number of fused-ring (bicyclic) bond motifs is 1. The number of nitrogens with zero attached hydrogens (tertiary/aromatic N) is 1. The van der Waals surface area contributed by atoms with Gasteiger partial charge >= 0.3 is 27.2 Å². The van der Waals surface area contributed by atoms with Gasteiger partial charge in [0.05, 0.1) is 10.5 Å². The number of hydrogen-bond donors (Lipinski definition) is 2. The average Bonchev–Trinajstić information content (AvgIpc) is 1.93. The van der Waals surface area contributed by atoms with Crippen molar-refractivity contribution in [3.8, 4) is 11.1 Å². The molecule has 7 heteroatoms. The molecule has 0 unspecified atom stereocenters. The van der Waals surface area contributed by atoms with Crippen molar-refractivity contribution < 1.29 is 16.9 Å². The molecule has 1 radical (unpaired) electrons. The summed E-state index contributed by atoms with van der Waals surface area (Å²) in [6, 6.07) is 5.20. The summed E-state index contributed by atoms with van der Waals surface area (Å²) in [5.41, 5.74) is 2.08. The summed E-state index contributed by atoms with van der Waals surface area (Å²) >= 11 is -3.44. The van der Waals surface area contributed by atoms with Crippen LogP contribution < -0.4 is 0 Å². The molecule has 0 heterocycles. The maximum atomic E-state index is 10.0. The van der Waals surface area contributed by atoms with Crippen molar-refractivity contribution >= 4 is 21.0 Å². The van der Waals surface area contributed by atoms with Crippen molar-refractivity contribution in [2.45, 2.75) is 0 Å². The van der Waals surface area contributed by atoms with Gasteiger partial charge < -0.3 is 0 Å². The smallest absolute Gasteiger partial charge is 0.258 e. The summed E-state index contributed by atoms with van der Waals surface area (Å²) in [5, 5.41) is 10.0. The predicted molar refractivity (Wildman–Crippen MR) is 43.0 cm³/mol. The molecule has 2 aliphatic rings. The molecule has 69 valence electrons. The fraction of sp³-hybridized carbons (Fsp3) is 0. The largest absolute Gasteiger partial charge is 0.277 e. The molecule has 0 aromatic heterocycles. The Hall–Kier alpha value is -1.10. The van der Waals surface area contributed by atoms with E-state index in [1.807, 2.05) is 6.07 Å². The second-order valence-corrected chi connectivity index (χ2v) is 3.30. The summed E-state index contributed by atoms with van der Waals surface area (Å²) in [5.74, 6) is 0. The minimum atomic E-state index is -3.44. The predicted octanol–water partition coefficient (Wildman–Crippen LogP) is -0.0384. The van der Waals surface area contributed by atoms with Gasteiger partial charge in [0.2, 0.25) is 0 Å². The Kier molecular flexibility index (Phi) is 2.87. The minimum absolute atomic E-state index is 0.257. The number of hydrogen-bond acceptors (Lipinski definition) is 3. The first-order valence-corrected chi connectivity index (χ1v) is 5.60. The van der Waals surface area contributed by atoms with Crippen LogP contribution in [0.2, 0.25) is 0 Å². The first-order valence-electron chi connectivity index (χ1n) is 3.16. The molecule has 0 aromatic rings. The molecule has 0 aliphatic heterocycles. The van der Waals surface area contributed by atoms with E-state index in [-0.39, 0.29) is 10.6 Å². The van der Waals surface area contributed by atoms with Gasteiger partial charge in [-0.3, -0.25) is 10.1 Å². The summed E-state index contributed by atoms with van der Waals surface area (Å²) in [6.45, 7) is 0. The standard InChI is InChI=1S/C6H3NO2.AsH2O3/c8-7(9)6-3-4-1-2-5(4)6;2-1(3)4/h1-3H;(H2,2,3,4). The molecular formula is C6H5AsNO5. The molecule has 0 spiro atoms. The van der Waals surface area contributed by atoms with Gasteiger partial charge in [0.25, 0.3) is 5.69 Å². The van der Waals surface area contributed by atoms with Crippen molar-refractivity contribution in [1.82, 2.24) is 0 Å². The summed E-state index contributed by atoms with van der Waals surface area (Å²) in [7, 11) is 0. The minimum Gasteiger partial charge on any atom is -0.258 e. The van der Waals surface area contributed by atoms with E-state index in [0.29, 0.717) is 0 Å². The van der Waals surface area contributed by atoms with Gasteiger partial charge in [0.15, 0.2) is 0 Å². The molecule has 2 rings (SSSR count). The summed E-state index contributed by atoms with van der Waals surface area (Å²) in [4.78, 5) is 9.68. The van der Waals surface area contributed by atoms with Crippen molar-refractivity contribution in [2.24, 2.45) is 0 Å². The van der Waals surface area contributed by atoms with Crippen molar-refractivity contribution in [1.29, 1.82) is 0 Å². The third kappa shape index (κ3) is 2.18. The average molecular weight is 246 g/mol. The molecule has 0 saturated carbocycles. The molecule has 0 amide bonds. The van der Waals surface area contributed by atoms with Crippen LogP contribution in [-0.2, 0) is 3.74 Å². The van der Waals surface area contributed by atoms with Gasteiger partial charge in [0.1, 0.15) is 0 Å².